The van der Waals surface area contributed by atoms with Crippen LogP contribution in [0.1, 0.15) is 37.8 Å². The van der Waals surface area contributed by atoms with E-state index in [1.165, 1.54) is 0 Å². The van der Waals surface area contributed by atoms with Gasteiger partial charge in [0.2, 0.25) is 0 Å². The molecule has 1 N–H and O–H groups in total. The molecule has 2 unspecified atom stereocenters. The second-order valence-electron chi connectivity index (χ2n) is 5.74. The third kappa shape index (κ3) is 2.34. The number of hydrogen-bond acceptors (Lipinski definition) is 4. The third-order valence-electron chi connectivity index (χ3n) is 4.45. The number of fused-ring (bicyclic) bond motifs is 2. The Labute approximate surface area is 117 Å². The van der Waals surface area contributed by atoms with E-state index in [9.17, 15) is 4.79 Å². The summed E-state index contributed by atoms with van der Waals surface area (Å²) in [5.41, 5.74) is 1.49. The van der Waals surface area contributed by atoms with Gasteiger partial charge in [0.1, 0.15) is 11.8 Å². The van der Waals surface area contributed by atoms with Gasteiger partial charge in [0, 0.05) is 30.4 Å². The first kappa shape index (κ1) is 12.9. The molecule has 5 heteroatoms. The zero-order valence-corrected chi connectivity index (χ0v) is 11.2. The Morgan fingerprint density at radius 2 is 2.15 bits per heavy atom. The van der Waals surface area contributed by atoms with Crippen LogP contribution in [0.5, 0.6) is 0 Å². The molecular weight excluding hydrogens is 254 g/mol. The summed E-state index contributed by atoms with van der Waals surface area (Å²) in [6.45, 7) is 0. The molecule has 2 saturated heterocycles. The van der Waals surface area contributed by atoms with Gasteiger partial charge >= 0.3 is 5.97 Å². The van der Waals surface area contributed by atoms with Gasteiger partial charge in [0.15, 0.2) is 0 Å². The fourth-order valence-electron chi connectivity index (χ4n) is 3.77. The molecule has 3 heterocycles. The second kappa shape index (κ2) is 5.12. The van der Waals surface area contributed by atoms with E-state index in [0.717, 1.165) is 31.4 Å². The van der Waals surface area contributed by atoms with Gasteiger partial charge in [-0.15, -0.1) is 0 Å². The van der Waals surface area contributed by atoms with Crippen LogP contribution in [0, 0.1) is 17.2 Å². The van der Waals surface area contributed by atoms with Gasteiger partial charge in [-0.3, -0.25) is 4.79 Å². The minimum atomic E-state index is -0.696. The van der Waals surface area contributed by atoms with Crippen LogP contribution in [0.15, 0.2) is 18.3 Å². The van der Waals surface area contributed by atoms with Gasteiger partial charge in [-0.1, -0.05) is 0 Å². The number of carboxylic acid groups (broad SMARTS) is 1. The van der Waals surface area contributed by atoms with Crippen molar-refractivity contribution in [2.45, 2.75) is 44.2 Å². The van der Waals surface area contributed by atoms with Crippen molar-refractivity contribution in [3.63, 3.8) is 0 Å². The summed E-state index contributed by atoms with van der Waals surface area (Å²) in [6, 6.07) is 6.68. The van der Waals surface area contributed by atoms with E-state index in [4.69, 9.17) is 10.4 Å². The van der Waals surface area contributed by atoms with Gasteiger partial charge in [0.05, 0.1) is 0 Å². The standard InChI is InChI=1S/C15H17N3O2/c16-9-11-8-14(3-4-17-11)18-12-1-2-13(18)6-10(5-12)7-15(19)20/h3-4,8,10,12-13H,1-2,5-7H2,(H,19,20). The maximum absolute atomic E-state index is 10.9. The molecule has 0 spiro atoms. The van der Waals surface area contributed by atoms with Crippen LogP contribution in [0.2, 0.25) is 0 Å². The number of carboxylic acids is 1. The van der Waals surface area contributed by atoms with Crippen LogP contribution in [-0.4, -0.2) is 28.1 Å². The average Bonchev–Trinajstić information content (AvgIpc) is 2.70. The number of rotatable bonds is 3. The van der Waals surface area contributed by atoms with Crippen molar-refractivity contribution in [2.75, 3.05) is 4.90 Å². The SMILES string of the molecule is N#Cc1cc(N2C3CCC2CC(CC(=O)O)C3)ccn1. The predicted molar refractivity (Wildman–Crippen MR) is 73.2 cm³/mol. The second-order valence-corrected chi connectivity index (χ2v) is 5.74. The van der Waals surface area contributed by atoms with E-state index in [0.29, 0.717) is 23.7 Å². The van der Waals surface area contributed by atoms with Crippen LogP contribution in [0.25, 0.3) is 0 Å². The molecule has 20 heavy (non-hydrogen) atoms. The van der Waals surface area contributed by atoms with Crippen molar-refractivity contribution in [3.05, 3.63) is 24.0 Å². The molecule has 5 nitrogen and oxygen atoms in total. The van der Waals surface area contributed by atoms with Crippen LogP contribution in [0.4, 0.5) is 5.69 Å². The number of nitriles is 1. The van der Waals surface area contributed by atoms with E-state index >= 15 is 0 Å². The molecule has 3 rings (SSSR count). The van der Waals surface area contributed by atoms with Crippen LogP contribution in [-0.2, 0) is 4.79 Å². The summed E-state index contributed by atoms with van der Waals surface area (Å²) in [5, 5.41) is 17.9. The highest BCUT2D eigenvalue weighted by atomic mass is 16.4. The first-order valence-electron chi connectivity index (χ1n) is 7.03. The summed E-state index contributed by atoms with van der Waals surface area (Å²) < 4.78 is 0. The van der Waals surface area contributed by atoms with Crippen molar-refractivity contribution in [2.24, 2.45) is 5.92 Å². The zero-order chi connectivity index (χ0) is 14.1. The smallest absolute Gasteiger partial charge is 0.303 e. The Bertz CT molecular complexity index is 552. The Kier molecular flexibility index (Phi) is 3.31. The molecule has 2 bridgehead atoms. The molecule has 0 radical (unpaired) electrons. The molecule has 0 aromatic carbocycles. The highest BCUT2D eigenvalue weighted by molar-refractivity contribution is 5.67. The molecule has 2 fully saturated rings. The molecule has 2 aliphatic heterocycles. The molecule has 0 aliphatic carbocycles. The average molecular weight is 271 g/mol. The third-order valence-corrected chi connectivity index (χ3v) is 4.45. The maximum Gasteiger partial charge on any atom is 0.303 e. The highest BCUT2D eigenvalue weighted by Gasteiger charge is 2.41. The minimum absolute atomic E-state index is 0.278. The summed E-state index contributed by atoms with van der Waals surface area (Å²) in [6.07, 6.45) is 6.06. The lowest BCUT2D eigenvalue weighted by Crippen LogP contribution is -2.43. The van der Waals surface area contributed by atoms with Crippen molar-refractivity contribution in [3.8, 4) is 6.07 Å². The molecule has 0 amide bonds. The lowest BCUT2D eigenvalue weighted by atomic mass is 9.88. The number of piperidine rings is 1. The summed E-state index contributed by atoms with van der Waals surface area (Å²) >= 11 is 0. The quantitative estimate of drug-likeness (QED) is 0.911. The first-order chi connectivity index (χ1) is 9.67. The first-order valence-corrected chi connectivity index (χ1v) is 7.03. The van der Waals surface area contributed by atoms with Crippen molar-refractivity contribution >= 4 is 11.7 Å². The maximum atomic E-state index is 10.9. The Balaban J connectivity index is 1.80. The number of pyridine rings is 1. The largest absolute Gasteiger partial charge is 0.481 e. The van der Waals surface area contributed by atoms with E-state index in [2.05, 4.69) is 16.0 Å². The Morgan fingerprint density at radius 1 is 1.45 bits per heavy atom. The zero-order valence-electron chi connectivity index (χ0n) is 11.2. The van der Waals surface area contributed by atoms with Crippen molar-refractivity contribution < 1.29 is 9.90 Å². The van der Waals surface area contributed by atoms with E-state index < -0.39 is 5.97 Å². The molecule has 0 saturated carbocycles. The lowest BCUT2D eigenvalue weighted by Gasteiger charge is -2.40. The number of nitrogens with zero attached hydrogens (tertiary/aromatic N) is 3. The lowest BCUT2D eigenvalue weighted by molar-refractivity contribution is -0.138. The Hall–Kier alpha value is -2.09. The molecule has 2 aliphatic rings. The normalized spacial score (nSPS) is 28.1. The number of carbonyl (C=O) groups is 1. The van der Waals surface area contributed by atoms with Crippen LogP contribution in [0.3, 0.4) is 0 Å². The monoisotopic (exact) mass is 271 g/mol. The molecular formula is C15H17N3O2. The Morgan fingerprint density at radius 3 is 2.75 bits per heavy atom. The van der Waals surface area contributed by atoms with Crippen molar-refractivity contribution in [1.29, 1.82) is 5.26 Å². The van der Waals surface area contributed by atoms with E-state index in [1.54, 1.807) is 6.20 Å². The fourth-order valence-corrected chi connectivity index (χ4v) is 3.77. The van der Waals surface area contributed by atoms with Gasteiger partial charge in [-0.2, -0.15) is 5.26 Å². The molecule has 2 atom stereocenters. The molecule has 104 valence electrons. The summed E-state index contributed by atoms with van der Waals surface area (Å²) in [4.78, 5) is 17.3. The predicted octanol–water partition coefficient (Wildman–Crippen LogP) is 2.18. The number of hydrogen-bond donors (Lipinski definition) is 1. The molecule has 1 aromatic rings. The number of anilines is 1. The van der Waals surface area contributed by atoms with E-state index in [1.807, 2.05) is 12.1 Å². The summed E-state index contributed by atoms with van der Waals surface area (Å²) in [7, 11) is 0. The van der Waals surface area contributed by atoms with Crippen molar-refractivity contribution in [1.82, 2.24) is 4.98 Å². The molecule has 1 aromatic heterocycles. The van der Waals surface area contributed by atoms with Crippen LogP contribution >= 0.6 is 0 Å². The number of aromatic nitrogens is 1. The van der Waals surface area contributed by atoms with Gasteiger partial charge in [-0.05, 0) is 43.7 Å². The summed E-state index contributed by atoms with van der Waals surface area (Å²) in [5.74, 6) is -0.406. The van der Waals surface area contributed by atoms with E-state index in [-0.39, 0.29) is 6.42 Å². The van der Waals surface area contributed by atoms with Crippen LogP contribution < -0.4 is 4.90 Å². The highest BCUT2D eigenvalue weighted by Crippen LogP contribution is 2.42. The van der Waals surface area contributed by atoms with Gasteiger partial charge < -0.3 is 10.0 Å². The van der Waals surface area contributed by atoms with Gasteiger partial charge in [-0.25, -0.2) is 4.98 Å². The van der Waals surface area contributed by atoms with Gasteiger partial charge in [0.25, 0.3) is 0 Å². The fraction of sp³-hybridized carbons (Fsp3) is 0.533. The number of aliphatic carboxylic acids is 1. The minimum Gasteiger partial charge on any atom is -0.481 e. The topological polar surface area (TPSA) is 77.2 Å².